The second kappa shape index (κ2) is 4.23. The van der Waals surface area contributed by atoms with Crippen LogP contribution in [0.4, 0.5) is 0 Å². The molecule has 0 bridgehead atoms. The van der Waals surface area contributed by atoms with Crippen LogP contribution in [0.2, 0.25) is 0 Å². The Morgan fingerprint density at radius 2 is 1.75 bits per heavy atom. The number of aromatic nitrogens is 3. The van der Waals surface area contributed by atoms with Gasteiger partial charge in [-0.1, -0.05) is 30.3 Å². The van der Waals surface area contributed by atoms with Crippen molar-refractivity contribution in [2.45, 2.75) is 6.54 Å². The Kier molecular flexibility index (Phi) is 2.39. The minimum absolute atomic E-state index is 0.805. The average molecular weight is 261 g/mol. The molecular weight excluding hydrogens is 246 g/mol. The van der Waals surface area contributed by atoms with Crippen LogP contribution in [0, 0.1) is 0 Å². The van der Waals surface area contributed by atoms with Crippen molar-refractivity contribution in [3.05, 3.63) is 66.6 Å². The predicted molar refractivity (Wildman–Crippen MR) is 81.8 cm³/mol. The standard InChI is InChI=1S/C17H15N3/c1-19-10-14-7-6-13(8-16(14)11-19)9-20-12-15-4-2-3-5-17(15)18-20/h2-8,10-12H,9H2,1H3. The van der Waals surface area contributed by atoms with Crippen LogP contribution in [0.5, 0.6) is 0 Å². The van der Waals surface area contributed by atoms with Crippen LogP contribution >= 0.6 is 0 Å². The number of aryl methyl sites for hydroxylation is 1. The van der Waals surface area contributed by atoms with E-state index in [9.17, 15) is 0 Å². The zero-order valence-corrected chi connectivity index (χ0v) is 11.3. The van der Waals surface area contributed by atoms with Gasteiger partial charge in [-0.05, 0) is 28.5 Å². The molecule has 2 aromatic heterocycles. The quantitative estimate of drug-likeness (QED) is 0.541. The van der Waals surface area contributed by atoms with Gasteiger partial charge in [-0.25, -0.2) is 0 Å². The molecule has 0 aliphatic carbocycles. The second-order valence-corrected chi connectivity index (χ2v) is 5.27. The Labute approximate surface area is 117 Å². The van der Waals surface area contributed by atoms with E-state index in [2.05, 4.69) is 59.6 Å². The Hall–Kier alpha value is -2.55. The summed E-state index contributed by atoms with van der Waals surface area (Å²) in [6.45, 7) is 0.805. The third-order valence-corrected chi connectivity index (χ3v) is 3.64. The summed E-state index contributed by atoms with van der Waals surface area (Å²) in [6.07, 6.45) is 6.39. The Balaban J connectivity index is 1.72. The van der Waals surface area contributed by atoms with Crippen LogP contribution in [0.3, 0.4) is 0 Å². The Bertz CT molecular complexity index is 866. The van der Waals surface area contributed by atoms with Crippen molar-refractivity contribution in [3.8, 4) is 0 Å². The maximum Gasteiger partial charge on any atom is 0.0923 e. The van der Waals surface area contributed by atoms with E-state index in [-0.39, 0.29) is 0 Å². The molecule has 0 aliphatic rings. The summed E-state index contributed by atoms with van der Waals surface area (Å²) in [5.41, 5.74) is 2.32. The SMILES string of the molecule is Cn1cc2ccc(Cn3cc4ccccc4n3)cc2c1. The van der Waals surface area contributed by atoms with Gasteiger partial charge in [0.15, 0.2) is 0 Å². The van der Waals surface area contributed by atoms with Crippen molar-refractivity contribution in [2.75, 3.05) is 0 Å². The lowest BCUT2D eigenvalue weighted by Gasteiger charge is -2.01. The molecule has 2 aromatic carbocycles. The maximum atomic E-state index is 4.60. The van der Waals surface area contributed by atoms with E-state index in [0.717, 1.165) is 12.1 Å². The van der Waals surface area contributed by atoms with Crippen LogP contribution in [-0.2, 0) is 13.6 Å². The molecule has 3 heteroatoms. The molecule has 0 saturated carbocycles. The molecule has 0 aliphatic heterocycles. The van der Waals surface area contributed by atoms with Gasteiger partial charge in [0.25, 0.3) is 0 Å². The first-order chi connectivity index (χ1) is 9.78. The number of benzene rings is 2. The lowest BCUT2D eigenvalue weighted by atomic mass is 10.1. The van der Waals surface area contributed by atoms with Crippen molar-refractivity contribution >= 4 is 21.7 Å². The molecule has 3 nitrogen and oxygen atoms in total. The van der Waals surface area contributed by atoms with E-state index >= 15 is 0 Å². The van der Waals surface area contributed by atoms with Crippen LogP contribution in [0.25, 0.3) is 21.7 Å². The fraction of sp³-hybridized carbons (Fsp3) is 0.118. The highest BCUT2D eigenvalue weighted by Gasteiger charge is 2.02. The topological polar surface area (TPSA) is 22.8 Å². The number of fused-ring (bicyclic) bond motifs is 2. The maximum absolute atomic E-state index is 4.60. The van der Waals surface area contributed by atoms with Crippen LogP contribution in [0.15, 0.2) is 61.1 Å². The molecular formula is C17H15N3. The molecule has 20 heavy (non-hydrogen) atoms. The summed E-state index contributed by atoms with van der Waals surface area (Å²) in [5, 5.41) is 8.35. The van der Waals surface area contributed by atoms with E-state index in [1.165, 1.54) is 21.7 Å². The van der Waals surface area contributed by atoms with E-state index in [1.807, 2.05) is 22.9 Å². The van der Waals surface area contributed by atoms with Crippen molar-refractivity contribution in [1.82, 2.24) is 14.3 Å². The fourth-order valence-corrected chi connectivity index (χ4v) is 2.71. The van der Waals surface area contributed by atoms with E-state index in [1.54, 1.807) is 0 Å². The molecule has 0 unspecified atom stereocenters. The second-order valence-electron chi connectivity index (χ2n) is 5.27. The number of nitrogens with zero attached hydrogens (tertiary/aromatic N) is 3. The zero-order chi connectivity index (χ0) is 13.5. The van der Waals surface area contributed by atoms with Crippen LogP contribution in [0.1, 0.15) is 5.56 Å². The first-order valence-electron chi connectivity index (χ1n) is 6.75. The molecule has 0 atom stereocenters. The highest BCUT2D eigenvalue weighted by molar-refractivity contribution is 5.83. The van der Waals surface area contributed by atoms with Crippen molar-refractivity contribution in [3.63, 3.8) is 0 Å². The summed E-state index contributed by atoms with van der Waals surface area (Å²) in [5.74, 6) is 0. The summed E-state index contributed by atoms with van der Waals surface area (Å²) in [6, 6.07) is 14.8. The van der Waals surface area contributed by atoms with Crippen molar-refractivity contribution < 1.29 is 0 Å². The predicted octanol–water partition coefficient (Wildman–Crippen LogP) is 3.58. The third kappa shape index (κ3) is 1.88. The van der Waals surface area contributed by atoms with Crippen LogP contribution in [-0.4, -0.2) is 14.3 Å². The molecule has 0 spiro atoms. The molecule has 98 valence electrons. The van der Waals surface area contributed by atoms with Gasteiger partial charge in [-0.3, -0.25) is 4.68 Å². The molecule has 0 radical (unpaired) electrons. The van der Waals surface area contributed by atoms with Gasteiger partial charge in [0.2, 0.25) is 0 Å². The fourth-order valence-electron chi connectivity index (χ4n) is 2.71. The van der Waals surface area contributed by atoms with Gasteiger partial charge in [-0.2, -0.15) is 5.10 Å². The first-order valence-corrected chi connectivity index (χ1v) is 6.75. The van der Waals surface area contributed by atoms with Gasteiger partial charge >= 0.3 is 0 Å². The summed E-state index contributed by atoms with van der Waals surface area (Å²) >= 11 is 0. The number of hydrogen-bond acceptors (Lipinski definition) is 1. The van der Waals surface area contributed by atoms with Gasteiger partial charge in [0, 0.05) is 31.0 Å². The highest BCUT2D eigenvalue weighted by atomic mass is 15.3. The van der Waals surface area contributed by atoms with Gasteiger partial charge in [0.05, 0.1) is 12.1 Å². The van der Waals surface area contributed by atoms with Crippen molar-refractivity contribution in [2.24, 2.45) is 7.05 Å². The zero-order valence-electron chi connectivity index (χ0n) is 11.3. The van der Waals surface area contributed by atoms with Gasteiger partial charge in [-0.15, -0.1) is 0 Å². The van der Waals surface area contributed by atoms with Gasteiger partial charge < -0.3 is 4.57 Å². The Morgan fingerprint density at radius 3 is 2.65 bits per heavy atom. The first kappa shape index (κ1) is 11.3. The number of hydrogen-bond donors (Lipinski definition) is 0. The normalized spacial score (nSPS) is 11.4. The molecule has 0 amide bonds. The minimum atomic E-state index is 0.805. The van der Waals surface area contributed by atoms with Crippen molar-refractivity contribution in [1.29, 1.82) is 0 Å². The molecule has 0 saturated heterocycles. The lowest BCUT2D eigenvalue weighted by molar-refractivity contribution is 0.696. The molecule has 0 fully saturated rings. The summed E-state index contributed by atoms with van der Waals surface area (Å²) in [7, 11) is 2.06. The molecule has 4 aromatic rings. The molecule has 0 N–H and O–H groups in total. The average Bonchev–Trinajstić information content (AvgIpc) is 2.99. The van der Waals surface area contributed by atoms with E-state index in [4.69, 9.17) is 0 Å². The van der Waals surface area contributed by atoms with Gasteiger partial charge in [0.1, 0.15) is 0 Å². The largest absolute Gasteiger partial charge is 0.356 e. The minimum Gasteiger partial charge on any atom is -0.356 e. The number of rotatable bonds is 2. The third-order valence-electron chi connectivity index (χ3n) is 3.64. The van der Waals surface area contributed by atoms with E-state index < -0.39 is 0 Å². The highest BCUT2D eigenvalue weighted by Crippen LogP contribution is 2.18. The monoisotopic (exact) mass is 261 g/mol. The smallest absolute Gasteiger partial charge is 0.0923 e. The Morgan fingerprint density at radius 1 is 0.900 bits per heavy atom. The van der Waals surface area contributed by atoms with Crippen LogP contribution < -0.4 is 0 Å². The van der Waals surface area contributed by atoms with E-state index in [0.29, 0.717) is 0 Å². The summed E-state index contributed by atoms with van der Waals surface area (Å²) in [4.78, 5) is 0. The molecule has 4 rings (SSSR count). The lowest BCUT2D eigenvalue weighted by Crippen LogP contribution is -1.99. The molecule has 2 heterocycles. The summed E-state index contributed by atoms with van der Waals surface area (Å²) < 4.78 is 4.10.